The summed E-state index contributed by atoms with van der Waals surface area (Å²) in [7, 11) is 2.06. The van der Waals surface area contributed by atoms with Crippen molar-refractivity contribution in [3.63, 3.8) is 0 Å². The molecule has 0 radical (unpaired) electrons. The van der Waals surface area contributed by atoms with E-state index in [1.807, 2.05) is 19.1 Å². The lowest BCUT2D eigenvalue weighted by molar-refractivity contribution is 0.0170. The van der Waals surface area contributed by atoms with Gasteiger partial charge in [-0.25, -0.2) is 0 Å². The molecule has 28 heavy (non-hydrogen) atoms. The average Bonchev–Trinajstić information content (AvgIpc) is 3.19. The number of rotatable bonds is 11. The number of nitrogens with one attached hydrogen (secondary N) is 1. The van der Waals surface area contributed by atoms with Gasteiger partial charge in [0.05, 0.1) is 19.3 Å². The highest BCUT2D eigenvalue weighted by atomic mass is 127. The fourth-order valence-electron chi connectivity index (χ4n) is 3.02. The Morgan fingerprint density at radius 3 is 2.71 bits per heavy atom. The zero-order valence-electron chi connectivity index (χ0n) is 17.5. The van der Waals surface area contributed by atoms with E-state index in [-0.39, 0.29) is 24.0 Å². The summed E-state index contributed by atoms with van der Waals surface area (Å²) in [4.78, 5) is 6.87. The predicted octanol–water partition coefficient (Wildman–Crippen LogP) is 3.69. The van der Waals surface area contributed by atoms with Crippen LogP contribution in [0.4, 0.5) is 0 Å². The maximum Gasteiger partial charge on any atom is 0.193 e. The SMILES string of the molecule is CCNC(=NCCCOCC1CCCO1)N(C)Cc1ccc(OCC)cc1.I. The largest absolute Gasteiger partial charge is 0.494 e. The van der Waals surface area contributed by atoms with Crippen LogP contribution in [-0.4, -0.2) is 63.5 Å². The highest BCUT2D eigenvalue weighted by Crippen LogP contribution is 2.13. The number of benzene rings is 1. The summed E-state index contributed by atoms with van der Waals surface area (Å²) in [6.45, 7) is 9.49. The van der Waals surface area contributed by atoms with Crippen LogP contribution in [-0.2, 0) is 16.0 Å². The van der Waals surface area contributed by atoms with Gasteiger partial charge in [-0.1, -0.05) is 12.1 Å². The van der Waals surface area contributed by atoms with E-state index in [1.165, 1.54) is 5.56 Å². The van der Waals surface area contributed by atoms with Crippen LogP contribution >= 0.6 is 24.0 Å². The molecule has 1 N–H and O–H groups in total. The van der Waals surface area contributed by atoms with Crippen LogP contribution in [0.15, 0.2) is 29.3 Å². The molecule has 6 nitrogen and oxygen atoms in total. The fourth-order valence-corrected chi connectivity index (χ4v) is 3.02. The van der Waals surface area contributed by atoms with Crippen molar-refractivity contribution < 1.29 is 14.2 Å². The Bertz CT molecular complexity index is 548. The standard InChI is InChI=1S/C21H35N3O3.HI/c1-4-22-21(23-13-7-14-25-17-20-8-6-15-27-20)24(3)16-18-9-11-19(12-10-18)26-5-2;/h9-12,20H,4-8,13-17H2,1-3H3,(H,22,23);1H. The Morgan fingerprint density at radius 2 is 2.07 bits per heavy atom. The second-order valence-corrected chi connectivity index (χ2v) is 6.73. The van der Waals surface area contributed by atoms with Crippen molar-refractivity contribution in [2.24, 2.45) is 4.99 Å². The Balaban J connectivity index is 0.00000392. The van der Waals surface area contributed by atoms with Crippen LogP contribution in [0.2, 0.25) is 0 Å². The summed E-state index contributed by atoms with van der Waals surface area (Å²) in [6, 6.07) is 8.23. The molecule has 160 valence electrons. The van der Waals surface area contributed by atoms with Crippen molar-refractivity contribution >= 4 is 29.9 Å². The zero-order valence-corrected chi connectivity index (χ0v) is 19.8. The van der Waals surface area contributed by atoms with E-state index < -0.39 is 0 Å². The van der Waals surface area contributed by atoms with Crippen molar-refractivity contribution in [1.29, 1.82) is 0 Å². The van der Waals surface area contributed by atoms with Gasteiger partial charge in [0.1, 0.15) is 5.75 Å². The minimum absolute atomic E-state index is 0. The molecule has 1 heterocycles. The van der Waals surface area contributed by atoms with Crippen LogP contribution in [0.5, 0.6) is 5.75 Å². The molecule has 1 atom stereocenters. The van der Waals surface area contributed by atoms with Crippen LogP contribution in [0.25, 0.3) is 0 Å². The summed E-state index contributed by atoms with van der Waals surface area (Å²) < 4.78 is 16.8. The molecule has 0 aliphatic carbocycles. The molecule has 0 amide bonds. The number of halogens is 1. The lowest BCUT2D eigenvalue weighted by Crippen LogP contribution is -2.38. The van der Waals surface area contributed by atoms with E-state index in [4.69, 9.17) is 19.2 Å². The molecule has 0 aromatic heterocycles. The van der Waals surface area contributed by atoms with E-state index >= 15 is 0 Å². The molecular formula is C21H36IN3O3. The average molecular weight is 505 g/mol. The third kappa shape index (κ3) is 9.43. The quantitative estimate of drug-likeness (QED) is 0.215. The van der Waals surface area contributed by atoms with Gasteiger partial charge in [-0.3, -0.25) is 4.99 Å². The second-order valence-electron chi connectivity index (χ2n) is 6.73. The van der Waals surface area contributed by atoms with Crippen LogP contribution in [0.3, 0.4) is 0 Å². The van der Waals surface area contributed by atoms with E-state index in [0.717, 1.165) is 63.8 Å². The van der Waals surface area contributed by atoms with Crippen LogP contribution in [0, 0.1) is 0 Å². The van der Waals surface area contributed by atoms with Gasteiger partial charge in [0.25, 0.3) is 0 Å². The second kappa shape index (κ2) is 14.9. The first-order valence-electron chi connectivity index (χ1n) is 10.1. The normalized spacial score (nSPS) is 16.5. The van der Waals surface area contributed by atoms with Crippen molar-refractivity contribution in [2.75, 3.05) is 46.6 Å². The fraction of sp³-hybridized carbons (Fsp3) is 0.667. The van der Waals surface area contributed by atoms with Crippen molar-refractivity contribution in [1.82, 2.24) is 10.2 Å². The molecule has 1 aromatic rings. The molecule has 7 heteroatoms. The van der Waals surface area contributed by atoms with Gasteiger partial charge in [0, 0.05) is 39.9 Å². The maximum absolute atomic E-state index is 5.71. The summed E-state index contributed by atoms with van der Waals surface area (Å²) in [6.07, 6.45) is 3.49. The number of hydrogen-bond donors (Lipinski definition) is 1. The molecule has 1 saturated heterocycles. The Hall–Kier alpha value is -1.06. The molecule has 0 saturated carbocycles. The van der Waals surface area contributed by atoms with Gasteiger partial charge in [0.15, 0.2) is 5.96 Å². The molecule has 1 aliphatic heterocycles. The van der Waals surface area contributed by atoms with E-state index in [0.29, 0.717) is 19.3 Å². The molecular weight excluding hydrogens is 469 g/mol. The van der Waals surface area contributed by atoms with Crippen LogP contribution in [0.1, 0.15) is 38.7 Å². The summed E-state index contributed by atoms with van der Waals surface area (Å²) in [5, 5.41) is 3.36. The lowest BCUT2D eigenvalue weighted by Gasteiger charge is -2.22. The molecule has 1 unspecified atom stereocenters. The van der Waals surface area contributed by atoms with Gasteiger partial charge in [-0.15, -0.1) is 24.0 Å². The van der Waals surface area contributed by atoms with Crippen molar-refractivity contribution in [3.8, 4) is 5.75 Å². The van der Waals surface area contributed by atoms with E-state index in [2.05, 4.69) is 36.3 Å². The zero-order chi connectivity index (χ0) is 19.3. The Labute approximate surface area is 187 Å². The van der Waals surface area contributed by atoms with E-state index in [1.54, 1.807) is 0 Å². The highest BCUT2D eigenvalue weighted by Gasteiger charge is 2.14. The molecule has 0 spiro atoms. The molecule has 2 rings (SSSR count). The number of ether oxygens (including phenoxy) is 3. The van der Waals surface area contributed by atoms with Gasteiger partial charge >= 0.3 is 0 Å². The Kier molecular flexibility index (Phi) is 13.3. The smallest absolute Gasteiger partial charge is 0.193 e. The van der Waals surface area contributed by atoms with E-state index in [9.17, 15) is 0 Å². The summed E-state index contributed by atoms with van der Waals surface area (Å²) >= 11 is 0. The minimum Gasteiger partial charge on any atom is -0.494 e. The van der Waals surface area contributed by atoms with Gasteiger partial charge in [-0.2, -0.15) is 0 Å². The lowest BCUT2D eigenvalue weighted by atomic mass is 10.2. The first-order chi connectivity index (χ1) is 13.2. The molecule has 1 aromatic carbocycles. The minimum atomic E-state index is 0. The highest BCUT2D eigenvalue weighted by molar-refractivity contribution is 14.0. The van der Waals surface area contributed by atoms with Gasteiger partial charge in [0.2, 0.25) is 0 Å². The number of aliphatic imine (C=N–C) groups is 1. The predicted molar refractivity (Wildman–Crippen MR) is 125 cm³/mol. The maximum atomic E-state index is 5.71. The monoisotopic (exact) mass is 505 g/mol. The van der Waals surface area contributed by atoms with Gasteiger partial charge in [-0.05, 0) is 50.8 Å². The number of hydrogen-bond acceptors (Lipinski definition) is 4. The van der Waals surface area contributed by atoms with Crippen molar-refractivity contribution in [2.45, 2.75) is 45.8 Å². The number of nitrogens with zero attached hydrogens (tertiary/aromatic N) is 2. The topological polar surface area (TPSA) is 55.3 Å². The third-order valence-electron chi connectivity index (χ3n) is 4.39. The first-order valence-corrected chi connectivity index (χ1v) is 10.1. The molecule has 0 bridgehead atoms. The van der Waals surface area contributed by atoms with Gasteiger partial charge < -0.3 is 24.4 Å². The third-order valence-corrected chi connectivity index (χ3v) is 4.39. The Morgan fingerprint density at radius 1 is 1.29 bits per heavy atom. The van der Waals surface area contributed by atoms with Crippen LogP contribution < -0.4 is 10.1 Å². The molecule has 1 fully saturated rings. The summed E-state index contributed by atoms with van der Waals surface area (Å²) in [5.74, 6) is 1.83. The summed E-state index contributed by atoms with van der Waals surface area (Å²) in [5.41, 5.74) is 1.23. The molecule has 1 aliphatic rings. The first kappa shape index (κ1) is 25.0. The van der Waals surface area contributed by atoms with Crippen molar-refractivity contribution in [3.05, 3.63) is 29.8 Å². The number of guanidine groups is 1.